The van der Waals surface area contributed by atoms with Crippen molar-refractivity contribution in [1.29, 1.82) is 0 Å². The summed E-state index contributed by atoms with van der Waals surface area (Å²) in [6.07, 6.45) is 0. The van der Waals surface area contributed by atoms with Crippen molar-refractivity contribution in [3.63, 3.8) is 0 Å². The maximum Gasteiger partial charge on any atom is 0.251 e. The van der Waals surface area contributed by atoms with Crippen LogP contribution < -0.4 is 10.6 Å². The van der Waals surface area contributed by atoms with E-state index in [1.54, 1.807) is 28.8 Å². The van der Waals surface area contributed by atoms with E-state index in [-0.39, 0.29) is 29.7 Å². The lowest BCUT2D eigenvalue weighted by Crippen LogP contribution is -2.29. The lowest BCUT2D eigenvalue weighted by atomic mass is 10.1. The number of thioether (sulfide) groups is 1. The first-order chi connectivity index (χ1) is 14.8. The molecule has 3 aromatic rings. The number of hydrogen-bond donors (Lipinski definition) is 2. The Kier molecular flexibility index (Phi) is 7.70. The number of carbonyl (C=O) groups is 2. The molecule has 162 valence electrons. The fourth-order valence-electron chi connectivity index (χ4n) is 3.01. The van der Waals surface area contributed by atoms with Crippen LogP contribution in [0.15, 0.2) is 59.8 Å². The molecule has 0 radical (unpaired) electrons. The average molecular weight is 458 g/mol. The zero-order valence-corrected chi connectivity index (χ0v) is 19.1. The molecule has 2 atom stereocenters. The van der Waals surface area contributed by atoms with Crippen LogP contribution in [0.25, 0.3) is 0 Å². The molecule has 31 heavy (non-hydrogen) atoms. The number of amides is 2. The normalized spacial score (nSPS) is 12.8. The summed E-state index contributed by atoms with van der Waals surface area (Å²) >= 11 is 7.17. The number of rotatable bonds is 8. The highest BCUT2D eigenvalue weighted by molar-refractivity contribution is 7.99. The molecule has 9 heteroatoms. The summed E-state index contributed by atoms with van der Waals surface area (Å²) in [6.45, 7) is 3.78. The Hall–Kier alpha value is -2.84. The predicted molar refractivity (Wildman–Crippen MR) is 122 cm³/mol. The van der Waals surface area contributed by atoms with Crippen molar-refractivity contribution in [3.8, 4) is 0 Å². The maximum atomic E-state index is 12.4. The van der Waals surface area contributed by atoms with Crippen molar-refractivity contribution in [1.82, 2.24) is 25.4 Å². The number of halogens is 1. The second kappa shape index (κ2) is 10.5. The predicted octanol–water partition coefficient (Wildman–Crippen LogP) is 3.93. The summed E-state index contributed by atoms with van der Waals surface area (Å²) in [6, 6.07) is 16.0. The summed E-state index contributed by atoms with van der Waals surface area (Å²) in [7, 11) is 1.81. The van der Waals surface area contributed by atoms with E-state index in [0.29, 0.717) is 21.6 Å². The molecule has 0 spiro atoms. The standard InChI is InChI=1S/C22H24ClN5O2S/c1-14(16-7-5-4-6-8-16)24-19(29)13-31-22-27-26-20(28(22)3)15(2)25-21(30)17-9-11-18(23)12-10-17/h4-12,14-15H,13H2,1-3H3,(H,24,29)(H,25,30)/t14-,15-/m1/s1. The Bertz CT molecular complexity index is 1040. The topological polar surface area (TPSA) is 88.9 Å². The first-order valence-electron chi connectivity index (χ1n) is 9.78. The molecule has 7 nitrogen and oxygen atoms in total. The van der Waals surface area contributed by atoms with E-state index in [9.17, 15) is 9.59 Å². The molecule has 2 amide bonds. The smallest absolute Gasteiger partial charge is 0.251 e. The number of hydrogen-bond acceptors (Lipinski definition) is 5. The summed E-state index contributed by atoms with van der Waals surface area (Å²) in [5.41, 5.74) is 1.56. The molecular formula is C22H24ClN5O2S. The molecule has 3 rings (SSSR count). The van der Waals surface area contributed by atoms with E-state index >= 15 is 0 Å². The SMILES string of the molecule is C[C@@H](NC(=O)CSc1nnc([C@@H](C)NC(=O)c2ccc(Cl)cc2)n1C)c1ccccc1. The Morgan fingerprint density at radius 2 is 1.68 bits per heavy atom. The number of aromatic nitrogens is 3. The van der Waals surface area contributed by atoms with Crippen LogP contribution in [0.4, 0.5) is 0 Å². The van der Waals surface area contributed by atoms with E-state index in [0.717, 1.165) is 5.56 Å². The van der Waals surface area contributed by atoms with Crippen LogP contribution in [-0.4, -0.2) is 32.3 Å². The van der Waals surface area contributed by atoms with Gasteiger partial charge in [0.05, 0.1) is 17.8 Å². The minimum Gasteiger partial charge on any atom is -0.349 e. The van der Waals surface area contributed by atoms with Gasteiger partial charge in [0, 0.05) is 17.6 Å². The van der Waals surface area contributed by atoms with Crippen LogP contribution in [0, 0.1) is 0 Å². The first kappa shape index (κ1) is 22.8. The van der Waals surface area contributed by atoms with Crippen molar-refractivity contribution >= 4 is 35.2 Å². The third-order valence-corrected chi connectivity index (χ3v) is 5.99. The molecule has 0 aliphatic heterocycles. The van der Waals surface area contributed by atoms with Gasteiger partial charge in [-0.05, 0) is 43.7 Å². The maximum absolute atomic E-state index is 12.4. The third kappa shape index (κ3) is 6.08. The molecule has 1 aromatic heterocycles. The molecular weight excluding hydrogens is 434 g/mol. The van der Waals surface area contributed by atoms with Gasteiger partial charge >= 0.3 is 0 Å². The largest absolute Gasteiger partial charge is 0.349 e. The second-order valence-corrected chi connectivity index (χ2v) is 8.47. The lowest BCUT2D eigenvalue weighted by Gasteiger charge is -2.15. The zero-order chi connectivity index (χ0) is 22.4. The fraction of sp³-hybridized carbons (Fsp3) is 0.273. The molecule has 0 saturated carbocycles. The van der Waals surface area contributed by atoms with E-state index < -0.39 is 0 Å². The van der Waals surface area contributed by atoms with Crippen LogP contribution in [0.1, 0.15) is 47.7 Å². The highest BCUT2D eigenvalue weighted by Crippen LogP contribution is 2.20. The van der Waals surface area contributed by atoms with Crippen molar-refractivity contribution in [3.05, 3.63) is 76.6 Å². The van der Waals surface area contributed by atoms with E-state index in [4.69, 9.17) is 11.6 Å². The summed E-state index contributed by atoms with van der Waals surface area (Å²) in [5, 5.41) is 15.4. The molecule has 2 aromatic carbocycles. The minimum absolute atomic E-state index is 0.0764. The van der Waals surface area contributed by atoms with Gasteiger partial charge < -0.3 is 15.2 Å². The Balaban J connectivity index is 1.55. The molecule has 0 saturated heterocycles. The van der Waals surface area contributed by atoms with E-state index in [2.05, 4.69) is 20.8 Å². The van der Waals surface area contributed by atoms with Crippen molar-refractivity contribution in [2.24, 2.45) is 7.05 Å². The molecule has 0 bridgehead atoms. The van der Waals surface area contributed by atoms with Gasteiger partial charge in [-0.3, -0.25) is 9.59 Å². The Morgan fingerprint density at radius 3 is 2.35 bits per heavy atom. The molecule has 0 unspecified atom stereocenters. The highest BCUT2D eigenvalue weighted by Gasteiger charge is 2.19. The van der Waals surface area contributed by atoms with Gasteiger partial charge in [0.15, 0.2) is 11.0 Å². The second-order valence-electron chi connectivity index (χ2n) is 7.09. The fourth-order valence-corrected chi connectivity index (χ4v) is 3.87. The van der Waals surface area contributed by atoms with Gasteiger partial charge in [-0.25, -0.2) is 0 Å². The van der Waals surface area contributed by atoms with Crippen molar-refractivity contribution in [2.45, 2.75) is 31.1 Å². The van der Waals surface area contributed by atoms with Crippen LogP contribution >= 0.6 is 23.4 Å². The van der Waals surface area contributed by atoms with Crippen molar-refractivity contribution in [2.75, 3.05) is 5.75 Å². The van der Waals surface area contributed by atoms with Crippen LogP contribution in [-0.2, 0) is 11.8 Å². The Labute approximate surface area is 190 Å². The minimum atomic E-state index is -0.359. The van der Waals surface area contributed by atoms with Gasteiger partial charge in [-0.2, -0.15) is 0 Å². The molecule has 1 heterocycles. The van der Waals surface area contributed by atoms with E-state index in [1.165, 1.54) is 11.8 Å². The van der Waals surface area contributed by atoms with Gasteiger partial charge in [0.1, 0.15) is 0 Å². The van der Waals surface area contributed by atoms with Gasteiger partial charge in [0.2, 0.25) is 5.91 Å². The molecule has 0 aliphatic rings. The quantitative estimate of drug-likeness (QED) is 0.500. The van der Waals surface area contributed by atoms with Crippen LogP contribution in [0.5, 0.6) is 0 Å². The summed E-state index contributed by atoms with van der Waals surface area (Å²) < 4.78 is 1.78. The Morgan fingerprint density at radius 1 is 1.00 bits per heavy atom. The third-order valence-electron chi connectivity index (χ3n) is 4.72. The highest BCUT2D eigenvalue weighted by atomic mass is 35.5. The van der Waals surface area contributed by atoms with Crippen LogP contribution in [0.2, 0.25) is 5.02 Å². The molecule has 2 N–H and O–H groups in total. The number of benzene rings is 2. The van der Waals surface area contributed by atoms with Crippen molar-refractivity contribution < 1.29 is 9.59 Å². The number of nitrogens with zero attached hydrogens (tertiary/aromatic N) is 3. The lowest BCUT2D eigenvalue weighted by molar-refractivity contribution is -0.119. The zero-order valence-electron chi connectivity index (χ0n) is 17.5. The average Bonchev–Trinajstić information content (AvgIpc) is 3.13. The molecule has 0 aliphatic carbocycles. The van der Waals surface area contributed by atoms with Gasteiger partial charge in [-0.15, -0.1) is 10.2 Å². The van der Waals surface area contributed by atoms with Gasteiger partial charge in [0.25, 0.3) is 5.91 Å². The van der Waals surface area contributed by atoms with E-state index in [1.807, 2.05) is 51.2 Å². The van der Waals surface area contributed by atoms with Gasteiger partial charge in [-0.1, -0.05) is 53.7 Å². The summed E-state index contributed by atoms with van der Waals surface area (Å²) in [5.74, 6) is 0.503. The number of carbonyl (C=O) groups excluding carboxylic acids is 2. The molecule has 0 fully saturated rings. The van der Waals surface area contributed by atoms with Crippen LogP contribution in [0.3, 0.4) is 0 Å². The summed E-state index contributed by atoms with van der Waals surface area (Å²) in [4.78, 5) is 24.7. The monoisotopic (exact) mass is 457 g/mol. The first-order valence-corrected chi connectivity index (χ1v) is 11.1. The number of nitrogens with one attached hydrogen (secondary N) is 2.